The van der Waals surface area contributed by atoms with E-state index in [0.29, 0.717) is 12.3 Å². The summed E-state index contributed by atoms with van der Waals surface area (Å²) in [5.41, 5.74) is 5.74. The normalized spacial score (nSPS) is 20.0. The molecule has 2 atom stereocenters. The van der Waals surface area contributed by atoms with Gasteiger partial charge in [0.25, 0.3) is 5.91 Å². The van der Waals surface area contributed by atoms with E-state index in [2.05, 4.69) is 5.32 Å². The van der Waals surface area contributed by atoms with E-state index in [0.717, 1.165) is 38.2 Å². The van der Waals surface area contributed by atoms with Crippen LogP contribution in [0.5, 0.6) is 0 Å². The zero-order valence-electron chi connectivity index (χ0n) is 19.5. The number of primary amides is 1. The Hall–Kier alpha value is -3.01. The smallest absolute Gasteiger partial charge is 0.254 e. The van der Waals surface area contributed by atoms with Gasteiger partial charge in [0, 0.05) is 25.8 Å². The molecule has 3 N–H and O–H groups in total. The Kier molecular flexibility index (Phi) is 8.98. The molecule has 1 aromatic carbocycles. The number of nitrogens with zero attached hydrogens (tertiary/aromatic N) is 2. The summed E-state index contributed by atoms with van der Waals surface area (Å²) in [7, 11) is 1.38. The highest BCUT2D eigenvalue weighted by Gasteiger charge is 2.38. The minimum absolute atomic E-state index is 0.0917. The third kappa shape index (κ3) is 6.53. The highest BCUT2D eigenvalue weighted by molar-refractivity contribution is 5.96. The van der Waals surface area contributed by atoms with Crippen LogP contribution in [0.1, 0.15) is 48.9 Å². The van der Waals surface area contributed by atoms with Gasteiger partial charge in [0.2, 0.25) is 17.7 Å². The third-order valence-electron chi connectivity index (χ3n) is 6.58. The molecule has 2 aliphatic rings. The average Bonchev–Trinajstić information content (AvgIpc) is 2.83. The third-order valence-corrected chi connectivity index (χ3v) is 6.58. The van der Waals surface area contributed by atoms with Gasteiger partial charge >= 0.3 is 0 Å². The minimum atomic E-state index is -1.03. The molecule has 1 saturated heterocycles. The summed E-state index contributed by atoms with van der Waals surface area (Å²) in [6, 6.07) is 3.42. The van der Waals surface area contributed by atoms with Crippen LogP contribution in [0.15, 0.2) is 24.3 Å². The quantitative estimate of drug-likeness (QED) is 0.581. The molecule has 1 aliphatic carbocycles. The molecule has 0 spiro atoms. The number of carbonyl (C=O) groups excluding carboxylic acids is 4. The van der Waals surface area contributed by atoms with Crippen LogP contribution in [0, 0.1) is 11.7 Å². The number of hydrogen-bond acceptors (Lipinski definition) is 5. The Morgan fingerprint density at radius 3 is 2.56 bits per heavy atom. The van der Waals surface area contributed by atoms with Gasteiger partial charge in [-0.3, -0.25) is 19.2 Å². The van der Waals surface area contributed by atoms with Crippen LogP contribution >= 0.6 is 0 Å². The van der Waals surface area contributed by atoms with Gasteiger partial charge in [0.1, 0.15) is 24.5 Å². The minimum Gasteiger partial charge on any atom is -0.375 e. The summed E-state index contributed by atoms with van der Waals surface area (Å²) < 4.78 is 18.6. The second-order valence-corrected chi connectivity index (χ2v) is 9.00. The van der Waals surface area contributed by atoms with Crippen LogP contribution in [0.25, 0.3) is 0 Å². The van der Waals surface area contributed by atoms with Gasteiger partial charge in [-0.15, -0.1) is 0 Å². The van der Waals surface area contributed by atoms with Crippen molar-refractivity contribution in [3.05, 3.63) is 35.6 Å². The van der Waals surface area contributed by atoms with E-state index in [-0.39, 0.29) is 31.8 Å². The molecule has 3 rings (SSSR count). The van der Waals surface area contributed by atoms with Gasteiger partial charge in [-0.05, 0) is 30.5 Å². The standard InChI is InChI=1S/C24H33FN4O5/c1-34-15-21(30)29-11-10-28(24(33)17-8-5-9-18(25)13-17)14-20(29)23(32)27-19(22(26)31)12-16-6-3-2-4-7-16/h5,8-9,13,16,19-20H,2-4,6-7,10-12,14-15H2,1H3,(H2,26,31)(H,27,32). The van der Waals surface area contributed by atoms with Crippen molar-refractivity contribution in [1.29, 1.82) is 0 Å². The van der Waals surface area contributed by atoms with E-state index in [9.17, 15) is 23.6 Å². The maximum Gasteiger partial charge on any atom is 0.254 e. The summed E-state index contributed by atoms with van der Waals surface area (Å²) in [6.07, 6.45) is 5.75. The number of halogens is 1. The predicted octanol–water partition coefficient (Wildman–Crippen LogP) is 1.07. The van der Waals surface area contributed by atoms with Crippen molar-refractivity contribution in [2.24, 2.45) is 11.7 Å². The van der Waals surface area contributed by atoms with Crippen LogP contribution in [0.3, 0.4) is 0 Å². The topological polar surface area (TPSA) is 122 Å². The van der Waals surface area contributed by atoms with E-state index < -0.39 is 41.5 Å². The SMILES string of the molecule is COCC(=O)N1CCN(C(=O)c2cccc(F)c2)CC1C(=O)NC(CC1CCCCC1)C(N)=O. The molecule has 2 unspecified atom stereocenters. The fourth-order valence-corrected chi connectivity index (χ4v) is 4.77. The van der Waals surface area contributed by atoms with Crippen molar-refractivity contribution in [3.63, 3.8) is 0 Å². The molecule has 1 aromatic rings. The van der Waals surface area contributed by atoms with Crippen molar-refractivity contribution < 1.29 is 28.3 Å². The van der Waals surface area contributed by atoms with Gasteiger partial charge in [0.15, 0.2) is 0 Å². The summed E-state index contributed by atoms with van der Waals surface area (Å²) >= 11 is 0. The van der Waals surface area contributed by atoms with E-state index in [1.54, 1.807) is 0 Å². The molecule has 10 heteroatoms. The van der Waals surface area contributed by atoms with Gasteiger partial charge in [-0.1, -0.05) is 38.2 Å². The number of hydrogen-bond donors (Lipinski definition) is 2. The molecule has 2 fully saturated rings. The zero-order chi connectivity index (χ0) is 24.7. The molecule has 186 valence electrons. The molecule has 0 aromatic heterocycles. The van der Waals surface area contributed by atoms with Crippen molar-refractivity contribution in [2.75, 3.05) is 33.4 Å². The highest BCUT2D eigenvalue weighted by atomic mass is 19.1. The molecular weight excluding hydrogens is 443 g/mol. The molecule has 0 radical (unpaired) electrons. The second kappa shape index (κ2) is 11.9. The lowest BCUT2D eigenvalue weighted by Gasteiger charge is -2.41. The Bertz CT molecular complexity index is 905. The first-order valence-corrected chi connectivity index (χ1v) is 11.7. The number of carbonyl (C=O) groups is 4. The number of ether oxygens (including phenoxy) is 1. The van der Waals surface area contributed by atoms with Crippen molar-refractivity contribution in [1.82, 2.24) is 15.1 Å². The molecule has 4 amide bonds. The summed E-state index contributed by atoms with van der Waals surface area (Å²) in [4.78, 5) is 53.7. The lowest BCUT2D eigenvalue weighted by atomic mass is 9.84. The maximum absolute atomic E-state index is 13.6. The zero-order valence-corrected chi connectivity index (χ0v) is 19.5. The first kappa shape index (κ1) is 25.6. The largest absolute Gasteiger partial charge is 0.375 e. The van der Waals surface area contributed by atoms with Crippen LogP contribution in [-0.4, -0.2) is 78.9 Å². The van der Waals surface area contributed by atoms with Crippen LogP contribution in [0.2, 0.25) is 0 Å². The van der Waals surface area contributed by atoms with Crippen molar-refractivity contribution >= 4 is 23.6 Å². The van der Waals surface area contributed by atoms with Crippen molar-refractivity contribution in [3.8, 4) is 0 Å². The fraction of sp³-hybridized carbons (Fsp3) is 0.583. The summed E-state index contributed by atoms with van der Waals surface area (Å²) in [6.45, 7) is -0.0322. The van der Waals surface area contributed by atoms with E-state index >= 15 is 0 Å². The molecule has 1 heterocycles. The molecule has 1 saturated carbocycles. The van der Waals surface area contributed by atoms with Gasteiger partial charge < -0.3 is 25.6 Å². The van der Waals surface area contributed by atoms with Crippen LogP contribution in [-0.2, 0) is 19.1 Å². The number of nitrogens with one attached hydrogen (secondary N) is 1. The molecule has 34 heavy (non-hydrogen) atoms. The number of piperazine rings is 1. The Labute approximate surface area is 198 Å². The molecule has 1 aliphatic heterocycles. The van der Waals surface area contributed by atoms with Gasteiger partial charge in [0.05, 0.1) is 6.54 Å². The Morgan fingerprint density at radius 2 is 1.91 bits per heavy atom. The van der Waals surface area contributed by atoms with Crippen LogP contribution < -0.4 is 11.1 Å². The predicted molar refractivity (Wildman–Crippen MR) is 122 cm³/mol. The Morgan fingerprint density at radius 1 is 1.18 bits per heavy atom. The number of methoxy groups -OCH3 is 1. The van der Waals surface area contributed by atoms with E-state index in [4.69, 9.17) is 10.5 Å². The first-order valence-electron chi connectivity index (χ1n) is 11.7. The van der Waals surface area contributed by atoms with Gasteiger partial charge in [-0.25, -0.2) is 4.39 Å². The molecule has 0 bridgehead atoms. The van der Waals surface area contributed by atoms with E-state index in [1.807, 2.05) is 0 Å². The molecule has 9 nitrogen and oxygen atoms in total. The lowest BCUT2D eigenvalue weighted by Crippen LogP contribution is -2.63. The highest BCUT2D eigenvalue weighted by Crippen LogP contribution is 2.27. The fourth-order valence-electron chi connectivity index (χ4n) is 4.77. The number of amides is 4. The Balaban J connectivity index is 1.75. The summed E-state index contributed by atoms with van der Waals surface area (Å²) in [5, 5.41) is 2.72. The maximum atomic E-state index is 13.6. The molecular formula is C24H33FN4O5. The second-order valence-electron chi connectivity index (χ2n) is 9.00. The number of nitrogens with two attached hydrogens (primary N) is 1. The van der Waals surface area contributed by atoms with Crippen LogP contribution in [0.4, 0.5) is 4.39 Å². The number of benzene rings is 1. The van der Waals surface area contributed by atoms with E-state index in [1.165, 1.54) is 35.1 Å². The first-order chi connectivity index (χ1) is 16.3. The van der Waals surface area contributed by atoms with Crippen molar-refractivity contribution in [2.45, 2.75) is 50.6 Å². The lowest BCUT2D eigenvalue weighted by molar-refractivity contribution is -0.146. The number of rotatable bonds is 8. The summed E-state index contributed by atoms with van der Waals surface area (Å²) in [5.74, 6) is -2.26. The van der Waals surface area contributed by atoms with Gasteiger partial charge in [-0.2, -0.15) is 0 Å². The monoisotopic (exact) mass is 476 g/mol. The average molecular weight is 477 g/mol.